The number of hydrogen-bond acceptors (Lipinski definition) is 5. The van der Waals surface area contributed by atoms with E-state index >= 15 is 0 Å². The lowest BCUT2D eigenvalue weighted by atomic mass is 9.44. The van der Waals surface area contributed by atoms with Crippen LogP contribution in [-0.4, -0.2) is 91.2 Å². The molecule has 4 aliphatic carbocycles. The highest BCUT2D eigenvalue weighted by Crippen LogP contribution is 2.67. The molecule has 2 aliphatic heterocycles. The topological polar surface area (TPSA) is 59.0 Å². The standard InChI is InChI=1S/C31H53N2O4/c1-21(34)37-29-27(33(4)14-6-5-7-15-33)19-25-23-9-8-22-18-28(35)26(32-12-16-36-17-13-32)20-31(22,3)24(23)10-11-30(25,29)2/h22-29,35H,5-20H2,1-4H3/q+1. The van der Waals surface area contributed by atoms with Crippen LogP contribution < -0.4 is 0 Å². The minimum absolute atomic E-state index is 0.0545. The number of aliphatic hydroxyl groups is 1. The van der Waals surface area contributed by atoms with Crippen molar-refractivity contribution in [3.8, 4) is 0 Å². The molecule has 2 heterocycles. The van der Waals surface area contributed by atoms with Gasteiger partial charge in [-0.25, -0.2) is 0 Å². The molecular formula is C31H53N2O4+. The van der Waals surface area contributed by atoms with Gasteiger partial charge in [0.15, 0.2) is 6.10 Å². The summed E-state index contributed by atoms with van der Waals surface area (Å²) in [6, 6.07) is 0.720. The summed E-state index contributed by atoms with van der Waals surface area (Å²) in [5.41, 5.74) is 0.391. The molecule has 10 atom stereocenters. The zero-order valence-corrected chi connectivity index (χ0v) is 24.0. The molecule has 6 heteroatoms. The summed E-state index contributed by atoms with van der Waals surface area (Å²) < 4.78 is 13.1. The average Bonchev–Trinajstić information content (AvgIpc) is 3.17. The Hall–Kier alpha value is -0.690. The van der Waals surface area contributed by atoms with Crippen molar-refractivity contribution in [1.82, 2.24) is 4.90 Å². The maximum absolute atomic E-state index is 12.4. The van der Waals surface area contributed by atoms with E-state index in [1.165, 1.54) is 64.5 Å². The van der Waals surface area contributed by atoms with Gasteiger partial charge in [-0.1, -0.05) is 13.8 Å². The van der Waals surface area contributed by atoms with Crippen molar-refractivity contribution in [3.05, 3.63) is 0 Å². The van der Waals surface area contributed by atoms with Crippen LogP contribution in [0.4, 0.5) is 0 Å². The fourth-order valence-corrected chi connectivity index (χ4v) is 11.1. The minimum atomic E-state index is -0.200. The van der Waals surface area contributed by atoms with Gasteiger partial charge < -0.3 is 19.1 Å². The molecule has 6 fully saturated rings. The molecule has 6 nitrogen and oxygen atoms in total. The van der Waals surface area contributed by atoms with Crippen LogP contribution in [0.15, 0.2) is 0 Å². The van der Waals surface area contributed by atoms with E-state index in [2.05, 4.69) is 25.8 Å². The van der Waals surface area contributed by atoms with Crippen LogP contribution >= 0.6 is 0 Å². The first-order valence-corrected chi connectivity index (χ1v) is 15.7. The third kappa shape index (κ3) is 4.31. The summed E-state index contributed by atoms with van der Waals surface area (Å²) in [7, 11) is 2.46. The average molecular weight is 518 g/mol. The summed E-state index contributed by atoms with van der Waals surface area (Å²) in [5, 5.41) is 11.3. The lowest BCUT2D eigenvalue weighted by Crippen LogP contribution is -2.61. The molecule has 0 radical (unpaired) electrons. The van der Waals surface area contributed by atoms with Crippen LogP contribution in [0, 0.1) is 34.5 Å². The Kier molecular flexibility index (Phi) is 6.99. The summed E-state index contributed by atoms with van der Waals surface area (Å²) >= 11 is 0. The van der Waals surface area contributed by atoms with Crippen LogP contribution in [0.1, 0.15) is 85.0 Å². The van der Waals surface area contributed by atoms with Crippen LogP contribution in [-0.2, 0) is 14.3 Å². The van der Waals surface area contributed by atoms with Crippen molar-refractivity contribution in [2.75, 3.05) is 46.4 Å². The van der Waals surface area contributed by atoms with Gasteiger partial charge in [0.2, 0.25) is 0 Å². The summed E-state index contributed by atoms with van der Waals surface area (Å²) in [6.45, 7) is 12.7. The second kappa shape index (κ2) is 9.74. The van der Waals surface area contributed by atoms with Crippen LogP contribution in [0.3, 0.4) is 0 Å². The van der Waals surface area contributed by atoms with Crippen molar-refractivity contribution < 1.29 is 23.9 Å². The number of morpholine rings is 1. The fourth-order valence-electron chi connectivity index (χ4n) is 11.1. The number of carbonyl (C=O) groups is 1. The van der Waals surface area contributed by atoms with Gasteiger partial charge in [0.25, 0.3) is 0 Å². The predicted octanol–water partition coefficient (Wildman–Crippen LogP) is 4.24. The Morgan fingerprint density at radius 1 is 1.00 bits per heavy atom. The first-order valence-electron chi connectivity index (χ1n) is 15.7. The molecule has 210 valence electrons. The van der Waals surface area contributed by atoms with Gasteiger partial charge in [-0.3, -0.25) is 9.69 Å². The Balaban J connectivity index is 1.28. The van der Waals surface area contributed by atoms with Gasteiger partial charge in [-0.15, -0.1) is 0 Å². The van der Waals surface area contributed by atoms with E-state index in [-0.39, 0.29) is 29.6 Å². The maximum atomic E-state index is 12.4. The predicted molar refractivity (Wildman–Crippen MR) is 144 cm³/mol. The number of aliphatic hydroxyl groups excluding tert-OH is 1. The van der Waals surface area contributed by atoms with Gasteiger partial charge in [0.05, 0.1) is 39.5 Å². The van der Waals surface area contributed by atoms with Gasteiger partial charge in [-0.05, 0) is 86.9 Å². The van der Waals surface area contributed by atoms with Crippen molar-refractivity contribution >= 4 is 5.97 Å². The summed E-state index contributed by atoms with van der Waals surface area (Å²) in [4.78, 5) is 15.0. The smallest absolute Gasteiger partial charge is 0.303 e. The number of likely N-dealkylation sites (tertiary alicyclic amines) is 1. The van der Waals surface area contributed by atoms with E-state index in [0.717, 1.165) is 55.5 Å². The number of piperidine rings is 1. The number of carbonyl (C=O) groups excluding carboxylic acids is 1. The molecular weight excluding hydrogens is 464 g/mol. The number of likely N-dealkylation sites (N-methyl/N-ethyl adjacent to an activating group) is 1. The Morgan fingerprint density at radius 2 is 1.73 bits per heavy atom. The largest absolute Gasteiger partial charge is 0.456 e. The van der Waals surface area contributed by atoms with Crippen LogP contribution in [0.2, 0.25) is 0 Å². The summed E-state index contributed by atoms with van der Waals surface area (Å²) in [5.74, 6) is 2.64. The molecule has 10 unspecified atom stereocenters. The quantitative estimate of drug-likeness (QED) is 0.448. The number of esters is 1. The van der Waals surface area contributed by atoms with E-state index in [1.54, 1.807) is 6.92 Å². The molecule has 4 saturated carbocycles. The molecule has 0 aromatic rings. The van der Waals surface area contributed by atoms with E-state index in [0.29, 0.717) is 23.3 Å². The highest BCUT2D eigenvalue weighted by Gasteiger charge is 2.67. The van der Waals surface area contributed by atoms with Gasteiger partial charge in [0.1, 0.15) is 6.04 Å². The third-order valence-corrected chi connectivity index (χ3v) is 13.1. The Labute approximate surface area is 225 Å². The fraction of sp³-hybridized carbons (Fsp3) is 0.968. The SMILES string of the molecule is CC(=O)OC1C([N+]2(C)CCCCC2)CC2C3CCC4CC(O)C(N5CCOCC5)CC4(C)C3CCC21C. The van der Waals surface area contributed by atoms with Crippen LogP contribution in [0.25, 0.3) is 0 Å². The monoisotopic (exact) mass is 517 g/mol. The number of nitrogens with zero attached hydrogens (tertiary/aromatic N) is 2. The van der Waals surface area contributed by atoms with Crippen molar-refractivity contribution in [3.63, 3.8) is 0 Å². The molecule has 37 heavy (non-hydrogen) atoms. The van der Waals surface area contributed by atoms with Crippen LogP contribution in [0.5, 0.6) is 0 Å². The Bertz CT molecular complexity index is 854. The first-order chi connectivity index (χ1) is 17.7. The lowest BCUT2D eigenvalue weighted by Gasteiger charge is -2.62. The number of fused-ring (bicyclic) bond motifs is 5. The highest BCUT2D eigenvalue weighted by molar-refractivity contribution is 5.66. The second-order valence-electron chi connectivity index (χ2n) is 14.7. The molecule has 0 amide bonds. The first kappa shape index (κ1) is 26.5. The summed E-state index contributed by atoms with van der Waals surface area (Å²) in [6.07, 6.45) is 12.1. The zero-order valence-electron chi connectivity index (χ0n) is 24.0. The molecule has 0 aromatic heterocycles. The maximum Gasteiger partial charge on any atom is 0.303 e. The molecule has 6 rings (SSSR count). The third-order valence-electron chi connectivity index (χ3n) is 13.1. The molecule has 1 N–H and O–H groups in total. The number of hydrogen-bond donors (Lipinski definition) is 1. The van der Waals surface area contributed by atoms with Crippen molar-refractivity contribution in [2.24, 2.45) is 34.5 Å². The normalized spacial score (nSPS) is 50.0. The Morgan fingerprint density at radius 3 is 2.43 bits per heavy atom. The zero-order chi connectivity index (χ0) is 26.0. The number of ether oxygens (including phenoxy) is 2. The molecule has 0 spiro atoms. The van der Waals surface area contributed by atoms with Gasteiger partial charge >= 0.3 is 5.97 Å². The number of rotatable bonds is 3. The van der Waals surface area contributed by atoms with E-state index in [1.807, 2.05) is 0 Å². The van der Waals surface area contributed by atoms with Crippen molar-refractivity contribution in [2.45, 2.75) is 109 Å². The second-order valence-corrected chi connectivity index (χ2v) is 14.7. The van der Waals surface area contributed by atoms with E-state index < -0.39 is 0 Å². The highest BCUT2D eigenvalue weighted by atomic mass is 16.5. The number of quaternary nitrogens is 1. The van der Waals surface area contributed by atoms with Crippen molar-refractivity contribution in [1.29, 1.82) is 0 Å². The van der Waals surface area contributed by atoms with Gasteiger partial charge in [0, 0.05) is 37.9 Å². The van der Waals surface area contributed by atoms with E-state index in [9.17, 15) is 9.90 Å². The van der Waals surface area contributed by atoms with Gasteiger partial charge in [-0.2, -0.15) is 0 Å². The molecule has 2 saturated heterocycles. The molecule has 0 bridgehead atoms. The minimum Gasteiger partial charge on any atom is -0.456 e. The van der Waals surface area contributed by atoms with E-state index in [4.69, 9.17) is 9.47 Å². The molecule has 0 aromatic carbocycles. The lowest BCUT2D eigenvalue weighted by molar-refractivity contribution is -0.940. The molecule has 6 aliphatic rings.